The fraction of sp³-hybridized carbons (Fsp3) is 0.385. The van der Waals surface area contributed by atoms with Crippen LogP contribution in [0.4, 0.5) is 4.79 Å². The second kappa shape index (κ2) is 7.88. The molecule has 1 rings (SSSR count). The van der Waals surface area contributed by atoms with E-state index in [1.165, 1.54) is 7.11 Å². The van der Waals surface area contributed by atoms with Crippen LogP contribution in [0.5, 0.6) is 11.5 Å². The Morgan fingerprint density at radius 1 is 1.05 bits per heavy atom. The number of carbonyl (C=O) groups is 2. The van der Waals surface area contributed by atoms with Gasteiger partial charge in [0.1, 0.15) is 6.54 Å². The minimum atomic E-state index is -0.647. The summed E-state index contributed by atoms with van der Waals surface area (Å²) in [5, 5.41) is 4.95. The van der Waals surface area contributed by atoms with Crippen LogP contribution in [0.1, 0.15) is 5.56 Å². The topological polar surface area (TPSA) is 85.9 Å². The summed E-state index contributed by atoms with van der Waals surface area (Å²) in [7, 11) is 4.33. The lowest BCUT2D eigenvalue weighted by molar-refractivity contribution is -0.120. The van der Waals surface area contributed by atoms with Gasteiger partial charge in [-0.1, -0.05) is 6.07 Å². The van der Waals surface area contributed by atoms with Crippen molar-refractivity contribution < 1.29 is 23.8 Å². The van der Waals surface area contributed by atoms with Gasteiger partial charge in [0.2, 0.25) is 5.91 Å². The molecule has 7 heteroatoms. The van der Waals surface area contributed by atoms with Crippen molar-refractivity contribution in [3.63, 3.8) is 0 Å². The number of alkyl carbamates (subject to hydrolysis) is 1. The van der Waals surface area contributed by atoms with Crippen LogP contribution in [-0.4, -0.2) is 39.9 Å². The fourth-order valence-electron chi connectivity index (χ4n) is 1.48. The summed E-state index contributed by atoms with van der Waals surface area (Å²) in [6.07, 6.45) is -0.647. The molecule has 2 amide bonds. The van der Waals surface area contributed by atoms with E-state index in [4.69, 9.17) is 9.47 Å². The second-order valence-corrected chi connectivity index (χ2v) is 3.81. The zero-order valence-electron chi connectivity index (χ0n) is 11.7. The number of benzene rings is 1. The SMILES string of the molecule is COC(=O)NCC(=O)NCc1ccc(OC)c(OC)c1. The molecule has 0 saturated carbocycles. The Labute approximate surface area is 117 Å². The maximum absolute atomic E-state index is 11.5. The Morgan fingerprint density at radius 3 is 2.35 bits per heavy atom. The number of carbonyl (C=O) groups excluding carboxylic acids is 2. The van der Waals surface area contributed by atoms with Crippen LogP contribution in [-0.2, 0) is 16.1 Å². The maximum atomic E-state index is 11.5. The van der Waals surface area contributed by atoms with Crippen LogP contribution < -0.4 is 20.1 Å². The third-order valence-corrected chi connectivity index (χ3v) is 2.52. The lowest BCUT2D eigenvalue weighted by Gasteiger charge is -2.10. The number of methoxy groups -OCH3 is 3. The van der Waals surface area contributed by atoms with Gasteiger partial charge < -0.3 is 24.8 Å². The number of hydrogen-bond acceptors (Lipinski definition) is 5. The molecule has 0 bridgehead atoms. The van der Waals surface area contributed by atoms with Crippen molar-refractivity contribution in [2.75, 3.05) is 27.9 Å². The molecule has 2 N–H and O–H groups in total. The highest BCUT2D eigenvalue weighted by Gasteiger charge is 2.07. The molecule has 1 aromatic rings. The van der Waals surface area contributed by atoms with Crippen molar-refractivity contribution in [2.24, 2.45) is 0 Å². The molecule has 0 saturated heterocycles. The van der Waals surface area contributed by atoms with E-state index in [1.54, 1.807) is 26.4 Å². The highest BCUT2D eigenvalue weighted by atomic mass is 16.5. The molecular weight excluding hydrogens is 264 g/mol. The standard InChI is InChI=1S/C13H18N2O5/c1-18-10-5-4-9(6-11(10)19-2)7-14-12(16)8-15-13(17)20-3/h4-6H,7-8H2,1-3H3,(H,14,16)(H,15,17). The average molecular weight is 282 g/mol. The molecule has 110 valence electrons. The largest absolute Gasteiger partial charge is 0.493 e. The smallest absolute Gasteiger partial charge is 0.407 e. The normalized spacial score (nSPS) is 9.55. The first-order valence-corrected chi connectivity index (χ1v) is 5.90. The molecule has 0 radical (unpaired) electrons. The number of rotatable bonds is 6. The number of amides is 2. The van der Waals surface area contributed by atoms with Crippen molar-refractivity contribution in [3.8, 4) is 11.5 Å². The zero-order valence-corrected chi connectivity index (χ0v) is 11.7. The van der Waals surface area contributed by atoms with E-state index < -0.39 is 6.09 Å². The Kier molecular flexibility index (Phi) is 6.15. The maximum Gasteiger partial charge on any atom is 0.407 e. The summed E-state index contributed by atoms with van der Waals surface area (Å²) < 4.78 is 14.6. The van der Waals surface area contributed by atoms with Crippen LogP contribution in [0.25, 0.3) is 0 Å². The van der Waals surface area contributed by atoms with Crippen molar-refractivity contribution in [1.82, 2.24) is 10.6 Å². The molecule has 0 aromatic heterocycles. The molecule has 0 atom stereocenters. The van der Waals surface area contributed by atoms with Gasteiger partial charge in [0.15, 0.2) is 11.5 Å². The molecule has 1 aromatic carbocycles. The molecule has 7 nitrogen and oxygen atoms in total. The van der Waals surface area contributed by atoms with Crippen molar-refractivity contribution >= 4 is 12.0 Å². The highest BCUT2D eigenvalue weighted by Crippen LogP contribution is 2.27. The number of nitrogens with one attached hydrogen (secondary N) is 2. The van der Waals surface area contributed by atoms with Gasteiger partial charge in [0.05, 0.1) is 21.3 Å². The van der Waals surface area contributed by atoms with Gasteiger partial charge in [0, 0.05) is 6.54 Å². The van der Waals surface area contributed by atoms with Crippen LogP contribution >= 0.6 is 0 Å². The van der Waals surface area contributed by atoms with Gasteiger partial charge in [-0.05, 0) is 17.7 Å². The predicted octanol–water partition coefficient (Wildman–Crippen LogP) is 0.676. The zero-order chi connectivity index (χ0) is 15.0. The van der Waals surface area contributed by atoms with Gasteiger partial charge in [-0.3, -0.25) is 4.79 Å². The molecule has 0 unspecified atom stereocenters. The summed E-state index contributed by atoms with van der Waals surface area (Å²) in [5.74, 6) is 0.895. The first-order chi connectivity index (χ1) is 9.60. The minimum Gasteiger partial charge on any atom is -0.493 e. The summed E-state index contributed by atoms with van der Waals surface area (Å²) in [6, 6.07) is 5.34. The number of ether oxygens (including phenoxy) is 3. The highest BCUT2D eigenvalue weighted by molar-refractivity contribution is 5.82. The van der Waals surface area contributed by atoms with Gasteiger partial charge in [-0.25, -0.2) is 4.79 Å². The Hall–Kier alpha value is -2.44. The van der Waals surface area contributed by atoms with Gasteiger partial charge in [0.25, 0.3) is 0 Å². The molecule has 0 heterocycles. The van der Waals surface area contributed by atoms with Crippen LogP contribution in [0.15, 0.2) is 18.2 Å². The van der Waals surface area contributed by atoms with E-state index in [0.717, 1.165) is 5.56 Å². The van der Waals surface area contributed by atoms with E-state index in [2.05, 4.69) is 15.4 Å². The quantitative estimate of drug-likeness (QED) is 0.801. The molecular formula is C13H18N2O5. The van der Waals surface area contributed by atoms with Crippen LogP contribution in [0.2, 0.25) is 0 Å². The molecule has 0 aliphatic heterocycles. The summed E-state index contributed by atoms with van der Waals surface area (Å²) in [4.78, 5) is 22.3. The van der Waals surface area contributed by atoms with E-state index in [0.29, 0.717) is 18.0 Å². The van der Waals surface area contributed by atoms with E-state index in [-0.39, 0.29) is 12.5 Å². The van der Waals surface area contributed by atoms with Crippen molar-refractivity contribution in [1.29, 1.82) is 0 Å². The Morgan fingerprint density at radius 2 is 1.75 bits per heavy atom. The Balaban J connectivity index is 2.49. The van der Waals surface area contributed by atoms with Crippen LogP contribution in [0, 0.1) is 0 Å². The lowest BCUT2D eigenvalue weighted by Crippen LogP contribution is -2.36. The van der Waals surface area contributed by atoms with Gasteiger partial charge in [-0.2, -0.15) is 0 Å². The summed E-state index contributed by atoms with van der Waals surface area (Å²) in [6.45, 7) is 0.183. The predicted molar refractivity (Wildman–Crippen MR) is 71.8 cm³/mol. The van der Waals surface area contributed by atoms with Gasteiger partial charge >= 0.3 is 6.09 Å². The summed E-state index contributed by atoms with van der Waals surface area (Å²) >= 11 is 0. The summed E-state index contributed by atoms with van der Waals surface area (Å²) in [5.41, 5.74) is 0.856. The number of hydrogen-bond donors (Lipinski definition) is 2. The lowest BCUT2D eigenvalue weighted by atomic mass is 10.2. The van der Waals surface area contributed by atoms with Crippen molar-refractivity contribution in [3.05, 3.63) is 23.8 Å². The molecule has 20 heavy (non-hydrogen) atoms. The fourth-order valence-corrected chi connectivity index (χ4v) is 1.48. The average Bonchev–Trinajstić information content (AvgIpc) is 2.49. The van der Waals surface area contributed by atoms with E-state index >= 15 is 0 Å². The Bertz CT molecular complexity index is 476. The molecule has 0 aliphatic carbocycles. The molecule has 0 spiro atoms. The first-order valence-electron chi connectivity index (χ1n) is 5.90. The molecule has 0 fully saturated rings. The van der Waals surface area contributed by atoms with E-state index in [9.17, 15) is 9.59 Å². The second-order valence-electron chi connectivity index (χ2n) is 3.81. The van der Waals surface area contributed by atoms with Crippen molar-refractivity contribution in [2.45, 2.75) is 6.54 Å². The molecule has 0 aliphatic rings. The first kappa shape index (κ1) is 15.6. The minimum absolute atomic E-state index is 0.139. The van der Waals surface area contributed by atoms with Crippen LogP contribution in [0.3, 0.4) is 0 Å². The van der Waals surface area contributed by atoms with Gasteiger partial charge in [-0.15, -0.1) is 0 Å². The monoisotopic (exact) mass is 282 g/mol. The third-order valence-electron chi connectivity index (χ3n) is 2.52. The van der Waals surface area contributed by atoms with E-state index in [1.807, 2.05) is 6.07 Å². The third kappa shape index (κ3) is 4.68.